The molecule has 11 heteroatoms. The summed E-state index contributed by atoms with van der Waals surface area (Å²) in [5.74, 6) is -0.484. The lowest BCUT2D eigenvalue weighted by atomic mass is 10.0. The van der Waals surface area contributed by atoms with Crippen LogP contribution in [-0.2, 0) is 22.7 Å². The van der Waals surface area contributed by atoms with Gasteiger partial charge in [-0.3, -0.25) is 24.4 Å². The Balaban J connectivity index is 1.51. The number of thioether (sulfide) groups is 1. The van der Waals surface area contributed by atoms with E-state index in [0.29, 0.717) is 29.7 Å². The van der Waals surface area contributed by atoms with Gasteiger partial charge in [0.05, 0.1) is 28.3 Å². The molecule has 4 heterocycles. The van der Waals surface area contributed by atoms with E-state index in [-0.39, 0.29) is 23.5 Å². The molecule has 3 amide bonds. The zero-order valence-electron chi connectivity index (χ0n) is 16.4. The number of benzene rings is 1. The fraction of sp³-hybridized carbons (Fsp3) is 0.300. The summed E-state index contributed by atoms with van der Waals surface area (Å²) < 4.78 is 2.10. The molecule has 1 N–H and O–H groups in total. The summed E-state index contributed by atoms with van der Waals surface area (Å²) in [5, 5.41) is 7.80. The van der Waals surface area contributed by atoms with Crippen LogP contribution >= 0.6 is 35.0 Å². The molecule has 0 bridgehead atoms. The first-order valence-electron chi connectivity index (χ1n) is 9.61. The van der Waals surface area contributed by atoms with Crippen LogP contribution in [0.5, 0.6) is 0 Å². The van der Waals surface area contributed by atoms with E-state index in [1.165, 1.54) is 7.05 Å². The van der Waals surface area contributed by atoms with E-state index >= 15 is 0 Å². The molecule has 160 valence electrons. The van der Waals surface area contributed by atoms with E-state index in [9.17, 15) is 14.4 Å². The lowest BCUT2D eigenvalue weighted by Crippen LogP contribution is -2.40. The number of aromatic nitrogens is 3. The van der Waals surface area contributed by atoms with Gasteiger partial charge in [-0.1, -0.05) is 41.0 Å². The molecule has 8 nitrogen and oxygen atoms in total. The topological polar surface area (TPSA) is 91.3 Å². The van der Waals surface area contributed by atoms with Gasteiger partial charge in [-0.15, -0.1) is 0 Å². The van der Waals surface area contributed by atoms with Gasteiger partial charge < -0.3 is 9.47 Å². The molecule has 1 aromatic carbocycles. The molecule has 0 spiro atoms. The molecule has 3 aromatic rings. The summed E-state index contributed by atoms with van der Waals surface area (Å²) in [5.41, 5.74) is 3.60. The van der Waals surface area contributed by atoms with Crippen molar-refractivity contribution in [2.45, 2.75) is 24.8 Å². The lowest BCUT2D eigenvalue weighted by molar-refractivity contribution is -0.135. The Morgan fingerprint density at radius 2 is 2.10 bits per heavy atom. The second kappa shape index (κ2) is 7.58. The monoisotopic (exact) mass is 477 g/mol. The van der Waals surface area contributed by atoms with Crippen LogP contribution in [0.1, 0.15) is 12.1 Å². The number of carbonyl (C=O) groups is 3. The third-order valence-electron chi connectivity index (χ3n) is 5.78. The van der Waals surface area contributed by atoms with E-state index in [4.69, 9.17) is 23.2 Å². The Kier molecular flexibility index (Phi) is 4.99. The molecule has 2 aromatic heterocycles. The summed E-state index contributed by atoms with van der Waals surface area (Å²) in [6, 6.07) is 3.69. The van der Waals surface area contributed by atoms with Gasteiger partial charge in [0.15, 0.2) is 0 Å². The Morgan fingerprint density at radius 1 is 1.29 bits per heavy atom. The maximum Gasteiger partial charge on any atom is 0.288 e. The SMILES string of the molecule is CN1C(=O)SC(CC(=O)N2CCn3c(c(-c4cn[nH]c4)c4ccc(Cl)c(Cl)c43)C2)C1=O. The highest BCUT2D eigenvalue weighted by Gasteiger charge is 2.39. The number of amides is 3. The number of halogens is 2. The number of carbonyl (C=O) groups excluding carboxylic acids is 3. The summed E-state index contributed by atoms with van der Waals surface area (Å²) >= 11 is 13.8. The molecule has 31 heavy (non-hydrogen) atoms. The van der Waals surface area contributed by atoms with Gasteiger partial charge >= 0.3 is 0 Å². The first-order valence-corrected chi connectivity index (χ1v) is 11.2. The Labute approximate surface area is 191 Å². The zero-order chi connectivity index (χ0) is 21.9. The van der Waals surface area contributed by atoms with Gasteiger partial charge in [0.1, 0.15) is 5.25 Å². The lowest BCUT2D eigenvalue weighted by Gasteiger charge is -2.30. The van der Waals surface area contributed by atoms with E-state index < -0.39 is 5.25 Å². The predicted octanol–water partition coefficient (Wildman–Crippen LogP) is 3.76. The molecule has 1 atom stereocenters. The van der Waals surface area contributed by atoms with Crippen molar-refractivity contribution >= 4 is 62.9 Å². The molecule has 0 aliphatic carbocycles. The van der Waals surface area contributed by atoms with Crippen molar-refractivity contribution < 1.29 is 14.4 Å². The standard InChI is InChI=1S/C20H17Cl2N5O3S/c1-25-19(29)14(31-20(25)30)6-15(28)26-4-5-27-13(9-26)16(10-7-23-24-8-10)11-2-3-12(21)17(22)18(11)27/h2-3,7-8,14H,4-6,9H2,1H3,(H,23,24). The van der Waals surface area contributed by atoms with Crippen molar-refractivity contribution in [3.8, 4) is 11.1 Å². The van der Waals surface area contributed by atoms with Gasteiger partial charge in [-0.05, 0) is 6.07 Å². The normalized spacial score (nSPS) is 18.9. The molecule has 5 rings (SSSR count). The second-order valence-electron chi connectivity index (χ2n) is 7.51. The molecule has 0 radical (unpaired) electrons. The molecule has 1 unspecified atom stereocenters. The Bertz CT molecular complexity index is 1240. The third-order valence-corrected chi connectivity index (χ3v) is 7.70. The van der Waals surface area contributed by atoms with Crippen molar-refractivity contribution in [2.24, 2.45) is 0 Å². The van der Waals surface area contributed by atoms with Crippen molar-refractivity contribution in [1.29, 1.82) is 0 Å². The predicted molar refractivity (Wildman–Crippen MR) is 119 cm³/mol. The van der Waals surface area contributed by atoms with Crippen molar-refractivity contribution in [3.63, 3.8) is 0 Å². The van der Waals surface area contributed by atoms with Gasteiger partial charge in [-0.2, -0.15) is 5.10 Å². The number of rotatable bonds is 3. The maximum atomic E-state index is 13.0. The van der Waals surface area contributed by atoms with E-state index in [1.54, 1.807) is 23.4 Å². The molecule has 1 fully saturated rings. The smallest absolute Gasteiger partial charge is 0.288 e. The van der Waals surface area contributed by atoms with Crippen LogP contribution in [-0.4, -0.2) is 60.5 Å². The van der Waals surface area contributed by atoms with Crippen LogP contribution < -0.4 is 0 Å². The number of aromatic amines is 1. The van der Waals surface area contributed by atoms with Crippen LogP contribution in [0.15, 0.2) is 24.5 Å². The number of nitrogens with zero attached hydrogens (tertiary/aromatic N) is 4. The number of hydrogen-bond acceptors (Lipinski definition) is 5. The van der Waals surface area contributed by atoms with Crippen molar-refractivity contribution in [2.75, 3.05) is 13.6 Å². The molecule has 1 saturated heterocycles. The van der Waals surface area contributed by atoms with Crippen molar-refractivity contribution in [3.05, 3.63) is 40.3 Å². The average Bonchev–Trinajstić information content (AvgIpc) is 3.44. The number of H-pyrrole nitrogens is 1. The fourth-order valence-corrected chi connectivity index (χ4v) is 5.61. The van der Waals surface area contributed by atoms with Gasteiger partial charge in [0.2, 0.25) is 11.8 Å². The highest BCUT2D eigenvalue weighted by atomic mass is 35.5. The van der Waals surface area contributed by atoms with Crippen LogP contribution in [0.4, 0.5) is 4.79 Å². The van der Waals surface area contributed by atoms with Gasteiger partial charge in [0.25, 0.3) is 5.24 Å². The quantitative estimate of drug-likeness (QED) is 0.619. The molecular formula is C20H17Cl2N5O3S. The third kappa shape index (κ3) is 3.22. The summed E-state index contributed by atoms with van der Waals surface area (Å²) in [4.78, 5) is 39.8. The Hall–Kier alpha value is -2.49. The van der Waals surface area contributed by atoms with Gasteiger partial charge in [0, 0.05) is 55.0 Å². The molecule has 0 saturated carbocycles. The molecule has 2 aliphatic rings. The maximum absolute atomic E-state index is 13.0. The van der Waals surface area contributed by atoms with E-state index in [1.807, 2.05) is 6.07 Å². The summed E-state index contributed by atoms with van der Waals surface area (Å²) in [7, 11) is 1.44. The van der Waals surface area contributed by atoms with Crippen LogP contribution in [0, 0.1) is 0 Å². The first kappa shape index (κ1) is 20.4. The van der Waals surface area contributed by atoms with Gasteiger partial charge in [-0.25, -0.2) is 0 Å². The molecular weight excluding hydrogens is 461 g/mol. The largest absolute Gasteiger partial charge is 0.339 e. The summed E-state index contributed by atoms with van der Waals surface area (Å²) in [6.45, 7) is 1.37. The fourth-order valence-electron chi connectivity index (χ4n) is 4.22. The molecule has 2 aliphatic heterocycles. The van der Waals surface area contributed by atoms with Crippen LogP contribution in [0.3, 0.4) is 0 Å². The minimum absolute atomic E-state index is 0.00651. The number of hydrogen-bond donors (Lipinski definition) is 1. The Morgan fingerprint density at radius 3 is 2.77 bits per heavy atom. The van der Waals surface area contributed by atoms with Crippen LogP contribution in [0.25, 0.3) is 22.0 Å². The minimum Gasteiger partial charge on any atom is -0.339 e. The zero-order valence-corrected chi connectivity index (χ0v) is 18.7. The minimum atomic E-state index is -0.667. The van der Waals surface area contributed by atoms with E-state index in [2.05, 4.69) is 14.8 Å². The van der Waals surface area contributed by atoms with E-state index in [0.717, 1.165) is 44.4 Å². The highest BCUT2D eigenvalue weighted by molar-refractivity contribution is 8.15. The average molecular weight is 478 g/mol. The number of fused-ring (bicyclic) bond motifs is 3. The summed E-state index contributed by atoms with van der Waals surface area (Å²) in [6.07, 6.45) is 3.52. The number of imide groups is 1. The highest BCUT2D eigenvalue weighted by Crippen LogP contribution is 2.42. The van der Waals surface area contributed by atoms with Crippen molar-refractivity contribution in [1.82, 2.24) is 24.6 Å². The first-order chi connectivity index (χ1) is 14.9. The van der Waals surface area contributed by atoms with Crippen LogP contribution in [0.2, 0.25) is 10.0 Å². The second-order valence-corrected chi connectivity index (χ2v) is 9.45. The number of nitrogens with one attached hydrogen (secondary N) is 1.